The average molecular weight is 420 g/mol. The molecule has 2 amide bonds. The lowest BCUT2D eigenvalue weighted by atomic mass is 10.1. The number of hydrogen-bond acceptors (Lipinski definition) is 6. The summed E-state index contributed by atoms with van der Waals surface area (Å²) in [6.07, 6.45) is 2.10. The molecular formula is C23H20N2O4S. The van der Waals surface area contributed by atoms with Crippen molar-refractivity contribution in [1.29, 1.82) is 0 Å². The predicted octanol–water partition coefficient (Wildman–Crippen LogP) is 4.43. The third-order valence-electron chi connectivity index (χ3n) is 4.59. The van der Waals surface area contributed by atoms with E-state index in [4.69, 9.17) is 9.68 Å². The molecule has 152 valence electrons. The van der Waals surface area contributed by atoms with Crippen LogP contribution in [0.1, 0.15) is 11.1 Å². The fourth-order valence-corrected chi connectivity index (χ4v) is 4.07. The molecule has 0 spiro atoms. The molecule has 30 heavy (non-hydrogen) atoms. The molecule has 0 saturated carbocycles. The van der Waals surface area contributed by atoms with Gasteiger partial charge >= 0.3 is 5.24 Å². The average Bonchev–Trinajstić information content (AvgIpc) is 3.04. The van der Waals surface area contributed by atoms with E-state index >= 15 is 0 Å². The van der Waals surface area contributed by atoms with Gasteiger partial charge in [0.1, 0.15) is 13.2 Å². The second-order valence-electron chi connectivity index (χ2n) is 6.70. The van der Waals surface area contributed by atoms with Gasteiger partial charge in [-0.25, -0.2) is 0 Å². The Balaban J connectivity index is 1.22. The Morgan fingerprint density at radius 3 is 2.53 bits per heavy atom. The zero-order chi connectivity index (χ0) is 20.8. The van der Waals surface area contributed by atoms with E-state index in [9.17, 15) is 9.59 Å². The number of thioether (sulfide) groups is 1. The van der Waals surface area contributed by atoms with Gasteiger partial charge in [0.2, 0.25) is 0 Å². The number of carbonyl (C=O) groups is 2. The van der Waals surface area contributed by atoms with Crippen molar-refractivity contribution in [3.63, 3.8) is 0 Å². The van der Waals surface area contributed by atoms with Gasteiger partial charge < -0.3 is 4.84 Å². The number of amides is 2. The second-order valence-corrected chi connectivity index (χ2v) is 7.86. The van der Waals surface area contributed by atoms with E-state index in [-0.39, 0.29) is 19.1 Å². The number of nitrogens with zero attached hydrogens (tertiary/aromatic N) is 2. The van der Waals surface area contributed by atoms with Gasteiger partial charge in [-0.2, -0.15) is 0 Å². The zero-order valence-corrected chi connectivity index (χ0v) is 17.0. The first-order valence-corrected chi connectivity index (χ1v) is 10.4. The summed E-state index contributed by atoms with van der Waals surface area (Å²) in [5.41, 5.74) is 1.92. The lowest BCUT2D eigenvalue weighted by molar-refractivity contribution is -0.167. The van der Waals surface area contributed by atoms with Gasteiger partial charge in [-0.1, -0.05) is 71.9 Å². The molecule has 0 aliphatic carbocycles. The normalized spacial score (nSPS) is 16.7. The zero-order valence-electron chi connectivity index (χ0n) is 16.1. The van der Waals surface area contributed by atoms with Gasteiger partial charge in [0.25, 0.3) is 5.91 Å². The molecule has 0 N–H and O–H groups in total. The molecule has 1 saturated heterocycles. The van der Waals surface area contributed by atoms with Gasteiger partial charge in [-0.15, -0.1) is 5.06 Å². The van der Waals surface area contributed by atoms with Crippen LogP contribution in [-0.2, 0) is 20.9 Å². The fourth-order valence-electron chi connectivity index (χ4n) is 3.12. The Kier molecular flexibility index (Phi) is 6.41. The van der Waals surface area contributed by atoms with Crippen LogP contribution in [0, 0.1) is 0 Å². The van der Waals surface area contributed by atoms with Gasteiger partial charge in [0, 0.05) is 0 Å². The van der Waals surface area contributed by atoms with Crippen LogP contribution < -0.4 is 0 Å². The molecule has 1 unspecified atom stereocenters. The minimum absolute atomic E-state index is 0.0468. The Morgan fingerprint density at radius 2 is 1.70 bits per heavy atom. The van der Waals surface area contributed by atoms with E-state index in [0.717, 1.165) is 38.7 Å². The quantitative estimate of drug-likeness (QED) is 0.306. The van der Waals surface area contributed by atoms with E-state index in [1.54, 1.807) is 6.21 Å². The molecule has 0 radical (unpaired) electrons. The molecule has 4 rings (SSSR count). The fraction of sp³-hybridized carbons (Fsp3) is 0.174. The second kappa shape index (κ2) is 9.56. The molecule has 6 nitrogen and oxygen atoms in total. The minimum Gasteiger partial charge on any atom is -0.393 e. The number of carbonyl (C=O) groups excluding carboxylic acids is 2. The van der Waals surface area contributed by atoms with Gasteiger partial charge in [0.15, 0.2) is 0 Å². The smallest absolute Gasteiger partial charge is 0.313 e. The van der Waals surface area contributed by atoms with Crippen molar-refractivity contribution >= 4 is 39.9 Å². The van der Waals surface area contributed by atoms with E-state index in [1.165, 1.54) is 0 Å². The number of hydroxylamine groups is 2. The molecule has 1 heterocycles. The monoisotopic (exact) mass is 420 g/mol. The van der Waals surface area contributed by atoms with Crippen LogP contribution in [0.25, 0.3) is 10.8 Å². The molecule has 0 aromatic heterocycles. The SMILES string of the molecule is O=C1SC(Cc2ccccc2)C(=O)N1OCCO/N=C/c1ccc2ccccc2c1. The maximum Gasteiger partial charge on any atom is 0.313 e. The molecule has 0 bridgehead atoms. The highest BCUT2D eigenvalue weighted by Crippen LogP contribution is 2.29. The summed E-state index contributed by atoms with van der Waals surface area (Å²) in [4.78, 5) is 35.0. The summed E-state index contributed by atoms with van der Waals surface area (Å²) in [6, 6.07) is 23.7. The maximum atomic E-state index is 12.4. The van der Waals surface area contributed by atoms with Crippen LogP contribution in [0.15, 0.2) is 78.0 Å². The summed E-state index contributed by atoms with van der Waals surface area (Å²) in [5, 5.41) is 6.17. The Hall–Kier alpha value is -3.16. The highest BCUT2D eigenvalue weighted by Gasteiger charge is 2.40. The number of oxime groups is 1. The Bertz CT molecular complexity index is 1070. The lowest BCUT2D eigenvalue weighted by Crippen LogP contribution is -2.33. The summed E-state index contributed by atoms with van der Waals surface area (Å²) in [6.45, 7) is 0.167. The number of hydrogen-bond donors (Lipinski definition) is 0. The molecule has 1 atom stereocenters. The van der Waals surface area contributed by atoms with Crippen molar-refractivity contribution in [2.75, 3.05) is 13.2 Å². The number of benzene rings is 3. The Labute approximate surface area is 178 Å². The first kappa shape index (κ1) is 20.1. The van der Waals surface area contributed by atoms with Crippen LogP contribution in [0.3, 0.4) is 0 Å². The molecule has 7 heteroatoms. The minimum atomic E-state index is -0.466. The molecular weight excluding hydrogens is 400 g/mol. The maximum absolute atomic E-state index is 12.4. The van der Waals surface area contributed by atoms with E-state index in [2.05, 4.69) is 5.16 Å². The van der Waals surface area contributed by atoms with Crippen molar-refractivity contribution in [3.8, 4) is 0 Å². The van der Waals surface area contributed by atoms with Gasteiger partial charge in [-0.05, 0) is 46.1 Å². The Morgan fingerprint density at radius 1 is 0.933 bits per heavy atom. The van der Waals surface area contributed by atoms with Crippen molar-refractivity contribution in [3.05, 3.63) is 83.9 Å². The van der Waals surface area contributed by atoms with Crippen LogP contribution in [-0.4, -0.2) is 40.9 Å². The number of fused-ring (bicyclic) bond motifs is 1. The number of imide groups is 1. The largest absolute Gasteiger partial charge is 0.393 e. The predicted molar refractivity (Wildman–Crippen MR) is 117 cm³/mol. The number of rotatable bonds is 8. The van der Waals surface area contributed by atoms with Gasteiger partial charge in [0.05, 0.1) is 11.5 Å². The standard InChI is InChI=1S/C23H20N2O4S/c26-22-21(15-17-6-2-1-3-7-17)30-23(27)25(22)29-13-12-28-24-16-18-10-11-19-8-4-5-9-20(19)14-18/h1-11,14,16,21H,12-13,15H2/b24-16+. The van der Waals surface area contributed by atoms with Crippen LogP contribution in [0.5, 0.6) is 0 Å². The van der Waals surface area contributed by atoms with Crippen LogP contribution in [0.4, 0.5) is 4.79 Å². The summed E-state index contributed by atoms with van der Waals surface area (Å²) in [7, 11) is 0. The van der Waals surface area contributed by atoms with Crippen molar-refractivity contribution in [2.45, 2.75) is 11.7 Å². The van der Waals surface area contributed by atoms with Gasteiger partial charge in [-0.3, -0.25) is 14.4 Å². The summed E-state index contributed by atoms with van der Waals surface area (Å²) < 4.78 is 0. The third-order valence-corrected chi connectivity index (χ3v) is 5.61. The molecule has 1 aliphatic heterocycles. The van der Waals surface area contributed by atoms with Crippen LogP contribution in [0.2, 0.25) is 0 Å². The van der Waals surface area contributed by atoms with E-state index in [1.807, 2.05) is 72.8 Å². The summed E-state index contributed by atoms with van der Waals surface area (Å²) in [5.74, 6) is -0.339. The van der Waals surface area contributed by atoms with Crippen molar-refractivity contribution in [1.82, 2.24) is 5.06 Å². The topological polar surface area (TPSA) is 68.2 Å². The van der Waals surface area contributed by atoms with Crippen LogP contribution >= 0.6 is 11.8 Å². The third kappa shape index (κ3) is 4.87. The highest BCUT2D eigenvalue weighted by atomic mass is 32.2. The van der Waals surface area contributed by atoms with E-state index < -0.39 is 10.5 Å². The molecule has 3 aromatic carbocycles. The van der Waals surface area contributed by atoms with Crippen molar-refractivity contribution in [2.24, 2.45) is 5.16 Å². The summed E-state index contributed by atoms with van der Waals surface area (Å²) >= 11 is 0.985. The highest BCUT2D eigenvalue weighted by molar-refractivity contribution is 8.15. The van der Waals surface area contributed by atoms with Crippen molar-refractivity contribution < 1.29 is 19.3 Å². The van der Waals surface area contributed by atoms with E-state index in [0.29, 0.717) is 6.42 Å². The first-order valence-electron chi connectivity index (χ1n) is 9.56. The molecule has 3 aromatic rings. The lowest BCUT2D eigenvalue weighted by Gasteiger charge is -2.12. The first-order chi connectivity index (χ1) is 14.7. The molecule has 1 fully saturated rings. The molecule has 1 aliphatic rings.